The van der Waals surface area contributed by atoms with Crippen LogP contribution in [0, 0.1) is 17.0 Å². The summed E-state index contributed by atoms with van der Waals surface area (Å²) in [5.41, 5.74) is 5.39. The summed E-state index contributed by atoms with van der Waals surface area (Å²) < 4.78 is 26.0. The molecule has 3 N–H and O–H groups in total. The number of nitrogens with two attached hydrogens (primary N) is 1. The standard InChI is InChI=1S/C11H15F2NO/c1-11(2,6-15)10(14)8-4-3-7(12)5-9(8)13/h3-5,10,15H,6,14H2,1-2H3/t10-/m1/s1. The summed E-state index contributed by atoms with van der Waals surface area (Å²) in [6, 6.07) is 2.60. The molecule has 1 aromatic rings. The van der Waals surface area contributed by atoms with Gasteiger partial charge in [-0.05, 0) is 6.07 Å². The van der Waals surface area contributed by atoms with Gasteiger partial charge in [0.1, 0.15) is 11.6 Å². The van der Waals surface area contributed by atoms with Crippen molar-refractivity contribution in [2.75, 3.05) is 6.61 Å². The van der Waals surface area contributed by atoms with E-state index in [4.69, 9.17) is 10.8 Å². The Balaban J connectivity index is 3.06. The van der Waals surface area contributed by atoms with Crippen LogP contribution in [0.4, 0.5) is 8.78 Å². The third kappa shape index (κ3) is 2.52. The number of aliphatic hydroxyl groups excluding tert-OH is 1. The van der Waals surface area contributed by atoms with Crippen molar-refractivity contribution in [1.82, 2.24) is 0 Å². The van der Waals surface area contributed by atoms with Crippen LogP contribution in [-0.4, -0.2) is 11.7 Å². The van der Waals surface area contributed by atoms with Crippen LogP contribution in [0.3, 0.4) is 0 Å². The minimum absolute atomic E-state index is 0.162. The van der Waals surface area contributed by atoms with E-state index in [0.717, 1.165) is 12.1 Å². The maximum Gasteiger partial charge on any atom is 0.130 e. The maximum atomic E-state index is 13.4. The number of halogens is 2. The molecule has 1 atom stereocenters. The molecule has 2 nitrogen and oxygen atoms in total. The molecule has 0 fully saturated rings. The highest BCUT2D eigenvalue weighted by Crippen LogP contribution is 2.32. The monoisotopic (exact) mass is 215 g/mol. The van der Waals surface area contributed by atoms with Gasteiger partial charge in [-0.1, -0.05) is 19.9 Å². The Hall–Kier alpha value is -1.00. The SMILES string of the molecule is CC(C)(CO)[C@H](N)c1ccc(F)cc1F. The van der Waals surface area contributed by atoms with Gasteiger partial charge in [-0.3, -0.25) is 0 Å². The fourth-order valence-corrected chi connectivity index (χ4v) is 1.27. The molecule has 4 heteroatoms. The van der Waals surface area contributed by atoms with Crippen LogP contribution < -0.4 is 5.73 Å². The normalized spacial score (nSPS) is 14.0. The van der Waals surface area contributed by atoms with E-state index >= 15 is 0 Å². The van der Waals surface area contributed by atoms with E-state index in [-0.39, 0.29) is 12.2 Å². The quantitative estimate of drug-likeness (QED) is 0.809. The first-order chi connectivity index (χ1) is 6.88. The lowest BCUT2D eigenvalue weighted by Gasteiger charge is -2.29. The van der Waals surface area contributed by atoms with Crippen LogP contribution in [0.5, 0.6) is 0 Å². The van der Waals surface area contributed by atoms with Gasteiger partial charge in [0.2, 0.25) is 0 Å². The predicted octanol–water partition coefficient (Wildman–Crippen LogP) is 1.98. The fraction of sp³-hybridized carbons (Fsp3) is 0.455. The van der Waals surface area contributed by atoms with Gasteiger partial charge >= 0.3 is 0 Å². The molecule has 0 amide bonds. The molecule has 84 valence electrons. The van der Waals surface area contributed by atoms with E-state index in [9.17, 15) is 8.78 Å². The average Bonchev–Trinajstić information content (AvgIpc) is 2.17. The van der Waals surface area contributed by atoms with Gasteiger partial charge in [-0.15, -0.1) is 0 Å². The van der Waals surface area contributed by atoms with Gasteiger partial charge in [0.15, 0.2) is 0 Å². The summed E-state index contributed by atoms with van der Waals surface area (Å²) in [5, 5.41) is 9.09. The van der Waals surface area contributed by atoms with Crippen molar-refractivity contribution in [3.05, 3.63) is 35.4 Å². The number of rotatable bonds is 3. The summed E-state index contributed by atoms with van der Waals surface area (Å²) in [5.74, 6) is -1.31. The van der Waals surface area contributed by atoms with Gasteiger partial charge in [-0.2, -0.15) is 0 Å². The second-order valence-electron chi connectivity index (χ2n) is 4.29. The van der Waals surface area contributed by atoms with Crippen LogP contribution in [0.2, 0.25) is 0 Å². The molecule has 1 aromatic carbocycles. The van der Waals surface area contributed by atoms with Crippen molar-refractivity contribution < 1.29 is 13.9 Å². The summed E-state index contributed by atoms with van der Waals surface area (Å²) in [7, 11) is 0. The number of benzene rings is 1. The van der Waals surface area contributed by atoms with E-state index in [1.807, 2.05) is 0 Å². The largest absolute Gasteiger partial charge is 0.396 e. The summed E-state index contributed by atoms with van der Waals surface area (Å²) in [4.78, 5) is 0. The molecular weight excluding hydrogens is 200 g/mol. The second kappa shape index (κ2) is 4.24. The summed E-state index contributed by atoms with van der Waals surface area (Å²) in [6.07, 6.45) is 0. The smallest absolute Gasteiger partial charge is 0.130 e. The first-order valence-electron chi connectivity index (χ1n) is 4.70. The molecule has 0 heterocycles. The molecule has 0 aliphatic carbocycles. The van der Waals surface area contributed by atoms with E-state index in [0.29, 0.717) is 0 Å². The minimum Gasteiger partial charge on any atom is -0.396 e. The molecule has 0 radical (unpaired) electrons. The van der Waals surface area contributed by atoms with Crippen LogP contribution in [0.15, 0.2) is 18.2 Å². The van der Waals surface area contributed by atoms with E-state index in [1.165, 1.54) is 6.07 Å². The highest BCUT2D eigenvalue weighted by Gasteiger charge is 2.28. The minimum atomic E-state index is -0.677. The highest BCUT2D eigenvalue weighted by atomic mass is 19.1. The van der Waals surface area contributed by atoms with Crippen molar-refractivity contribution in [3.63, 3.8) is 0 Å². The van der Waals surface area contributed by atoms with Gasteiger partial charge in [0, 0.05) is 29.7 Å². The first-order valence-corrected chi connectivity index (χ1v) is 4.70. The van der Waals surface area contributed by atoms with Crippen molar-refractivity contribution in [2.45, 2.75) is 19.9 Å². The maximum absolute atomic E-state index is 13.4. The molecule has 15 heavy (non-hydrogen) atoms. The number of hydrogen-bond acceptors (Lipinski definition) is 2. The van der Waals surface area contributed by atoms with Gasteiger partial charge < -0.3 is 10.8 Å². The molecule has 0 unspecified atom stereocenters. The first kappa shape index (κ1) is 12.1. The highest BCUT2D eigenvalue weighted by molar-refractivity contribution is 5.23. The Bertz CT molecular complexity index is 352. The predicted molar refractivity (Wildman–Crippen MR) is 54.2 cm³/mol. The van der Waals surface area contributed by atoms with Gasteiger partial charge in [-0.25, -0.2) is 8.78 Å². The summed E-state index contributed by atoms with van der Waals surface area (Å²) in [6.45, 7) is 3.28. The average molecular weight is 215 g/mol. The third-order valence-corrected chi connectivity index (χ3v) is 2.55. The van der Waals surface area contributed by atoms with Crippen molar-refractivity contribution in [3.8, 4) is 0 Å². The number of hydrogen-bond donors (Lipinski definition) is 2. The van der Waals surface area contributed by atoms with E-state index in [1.54, 1.807) is 13.8 Å². The van der Waals surface area contributed by atoms with Crippen molar-refractivity contribution in [1.29, 1.82) is 0 Å². The molecule has 0 saturated heterocycles. The van der Waals surface area contributed by atoms with Crippen LogP contribution in [0.1, 0.15) is 25.5 Å². The topological polar surface area (TPSA) is 46.2 Å². The van der Waals surface area contributed by atoms with Crippen molar-refractivity contribution >= 4 is 0 Å². The fourth-order valence-electron chi connectivity index (χ4n) is 1.27. The molecule has 0 aromatic heterocycles. The van der Waals surface area contributed by atoms with Crippen molar-refractivity contribution in [2.24, 2.45) is 11.1 Å². The van der Waals surface area contributed by atoms with Gasteiger partial charge in [0.05, 0.1) is 0 Å². The lowest BCUT2D eigenvalue weighted by molar-refractivity contribution is 0.130. The molecule has 0 spiro atoms. The Morgan fingerprint density at radius 3 is 2.47 bits per heavy atom. The zero-order valence-electron chi connectivity index (χ0n) is 8.80. The molecule has 0 aliphatic heterocycles. The molecule has 0 saturated carbocycles. The molecule has 0 aliphatic rings. The molecule has 1 rings (SSSR count). The second-order valence-corrected chi connectivity index (χ2v) is 4.29. The van der Waals surface area contributed by atoms with Crippen LogP contribution in [-0.2, 0) is 0 Å². The van der Waals surface area contributed by atoms with E-state index in [2.05, 4.69) is 0 Å². The van der Waals surface area contributed by atoms with Gasteiger partial charge in [0.25, 0.3) is 0 Å². The van der Waals surface area contributed by atoms with Crippen LogP contribution >= 0.6 is 0 Å². The Morgan fingerprint density at radius 2 is 2.00 bits per heavy atom. The Kier molecular flexibility index (Phi) is 3.42. The Morgan fingerprint density at radius 1 is 1.40 bits per heavy atom. The van der Waals surface area contributed by atoms with Crippen LogP contribution in [0.25, 0.3) is 0 Å². The zero-order valence-corrected chi connectivity index (χ0v) is 8.80. The lowest BCUT2D eigenvalue weighted by atomic mass is 9.81. The zero-order chi connectivity index (χ0) is 11.6. The molecule has 0 bridgehead atoms. The Labute approximate surface area is 87.7 Å². The molecular formula is C11H15F2NO. The third-order valence-electron chi connectivity index (χ3n) is 2.55. The summed E-state index contributed by atoms with van der Waals surface area (Å²) >= 11 is 0. The lowest BCUT2D eigenvalue weighted by Crippen LogP contribution is -2.33. The van der Waals surface area contributed by atoms with E-state index < -0.39 is 23.1 Å². The number of aliphatic hydroxyl groups is 1.